The molecule has 2 nitrogen and oxygen atoms in total. The SMILES string of the molecule is NCCc1c(O)cccc1Cl. The number of hydrogen-bond acceptors (Lipinski definition) is 2. The molecule has 0 saturated carbocycles. The van der Waals surface area contributed by atoms with Gasteiger partial charge in [-0.25, -0.2) is 0 Å². The van der Waals surface area contributed by atoms with Gasteiger partial charge in [-0.3, -0.25) is 0 Å². The molecule has 11 heavy (non-hydrogen) atoms. The van der Waals surface area contributed by atoms with Gasteiger partial charge in [-0.1, -0.05) is 17.7 Å². The molecule has 0 amide bonds. The lowest BCUT2D eigenvalue weighted by Gasteiger charge is -2.03. The largest absolute Gasteiger partial charge is 0.508 e. The molecule has 0 saturated heterocycles. The van der Waals surface area contributed by atoms with E-state index in [2.05, 4.69) is 0 Å². The summed E-state index contributed by atoms with van der Waals surface area (Å²) in [4.78, 5) is 0. The molecule has 0 unspecified atom stereocenters. The van der Waals surface area contributed by atoms with Crippen molar-refractivity contribution in [1.29, 1.82) is 0 Å². The summed E-state index contributed by atoms with van der Waals surface area (Å²) >= 11 is 5.79. The van der Waals surface area contributed by atoms with Crippen molar-refractivity contribution in [3.05, 3.63) is 28.8 Å². The molecular weight excluding hydrogens is 162 g/mol. The Hall–Kier alpha value is -0.730. The summed E-state index contributed by atoms with van der Waals surface area (Å²) in [6.07, 6.45) is 0.617. The lowest BCUT2D eigenvalue weighted by Crippen LogP contribution is -2.03. The summed E-state index contributed by atoms with van der Waals surface area (Å²) in [5.74, 6) is 0.225. The van der Waals surface area contributed by atoms with Crippen LogP contribution in [-0.4, -0.2) is 11.7 Å². The second-order valence-corrected chi connectivity index (χ2v) is 2.68. The van der Waals surface area contributed by atoms with E-state index in [0.29, 0.717) is 18.0 Å². The van der Waals surface area contributed by atoms with Crippen LogP contribution < -0.4 is 5.73 Å². The molecule has 1 aromatic rings. The van der Waals surface area contributed by atoms with Crippen molar-refractivity contribution in [2.24, 2.45) is 5.73 Å². The van der Waals surface area contributed by atoms with Gasteiger partial charge in [-0.15, -0.1) is 0 Å². The molecule has 1 aromatic carbocycles. The van der Waals surface area contributed by atoms with Gasteiger partial charge in [-0.05, 0) is 25.1 Å². The lowest BCUT2D eigenvalue weighted by atomic mass is 10.1. The molecule has 3 N–H and O–H groups in total. The van der Waals surface area contributed by atoms with E-state index >= 15 is 0 Å². The molecule has 0 aliphatic rings. The molecule has 0 spiro atoms. The minimum atomic E-state index is 0.225. The Labute approximate surface area is 70.6 Å². The van der Waals surface area contributed by atoms with Crippen LogP contribution in [0.5, 0.6) is 5.75 Å². The molecular formula is C8H10ClNO. The summed E-state index contributed by atoms with van der Waals surface area (Å²) < 4.78 is 0. The Kier molecular flexibility index (Phi) is 2.74. The van der Waals surface area contributed by atoms with Crippen LogP contribution in [0.2, 0.25) is 5.02 Å². The van der Waals surface area contributed by atoms with Crippen molar-refractivity contribution in [2.45, 2.75) is 6.42 Å². The van der Waals surface area contributed by atoms with Crippen molar-refractivity contribution < 1.29 is 5.11 Å². The average Bonchev–Trinajstić information content (AvgIpc) is 1.97. The average molecular weight is 172 g/mol. The topological polar surface area (TPSA) is 46.2 Å². The summed E-state index contributed by atoms with van der Waals surface area (Å²) in [6.45, 7) is 0.497. The Balaban J connectivity index is 3.00. The minimum absolute atomic E-state index is 0.225. The first-order valence-corrected chi connectivity index (χ1v) is 3.80. The van der Waals surface area contributed by atoms with Crippen LogP contribution in [0, 0.1) is 0 Å². The smallest absolute Gasteiger partial charge is 0.120 e. The fourth-order valence-electron chi connectivity index (χ4n) is 0.939. The second kappa shape index (κ2) is 3.60. The maximum atomic E-state index is 9.28. The molecule has 0 atom stereocenters. The molecule has 0 fully saturated rings. The first kappa shape index (κ1) is 8.37. The summed E-state index contributed by atoms with van der Waals surface area (Å²) in [6, 6.07) is 5.06. The third-order valence-electron chi connectivity index (χ3n) is 1.49. The van der Waals surface area contributed by atoms with Gasteiger partial charge < -0.3 is 10.8 Å². The van der Waals surface area contributed by atoms with Crippen LogP contribution in [0.4, 0.5) is 0 Å². The minimum Gasteiger partial charge on any atom is -0.508 e. The zero-order valence-electron chi connectivity index (χ0n) is 6.05. The van der Waals surface area contributed by atoms with E-state index in [0.717, 1.165) is 5.56 Å². The predicted octanol–water partition coefficient (Wildman–Crippen LogP) is 1.55. The standard InChI is InChI=1S/C8H10ClNO/c9-7-2-1-3-8(11)6(7)4-5-10/h1-3,11H,4-5,10H2. The van der Waals surface area contributed by atoms with Crippen LogP contribution in [0.3, 0.4) is 0 Å². The van der Waals surface area contributed by atoms with Crippen molar-refractivity contribution in [3.63, 3.8) is 0 Å². The Bertz CT molecular complexity index is 230. The van der Waals surface area contributed by atoms with Crippen molar-refractivity contribution in [3.8, 4) is 5.75 Å². The van der Waals surface area contributed by atoms with E-state index in [9.17, 15) is 5.11 Å². The van der Waals surface area contributed by atoms with Gasteiger partial charge in [0, 0.05) is 10.6 Å². The number of aromatic hydroxyl groups is 1. The Morgan fingerprint density at radius 3 is 2.73 bits per heavy atom. The van der Waals surface area contributed by atoms with Crippen LogP contribution >= 0.6 is 11.6 Å². The first-order chi connectivity index (χ1) is 5.25. The number of phenols is 1. The van der Waals surface area contributed by atoms with Gasteiger partial charge in [0.1, 0.15) is 5.75 Å². The molecule has 0 radical (unpaired) electrons. The predicted molar refractivity (Wildman–Crippen MR) is 45.9 cm³/mol. The summed E-state index contributed by atoms with van der Waals surface area (Å²) in [5.41, 5.74) is 6.06. The maximum Gasteiger partial charge on any atom is 0.120 e. The highest BCUT2D eigenvalue weighted by molar-refractivity contribution is 6.31. The van der Waals surface area contributed by atoms with Gasteiger partial charge in [0.25, 0.3) is 0 Å². The van der Waals surface area contributed by atoms with Crippen LogP contribution in [0.1, 0.15) is 5.56 Å². The van der Waals surface area contributed by atoms with Crippen molar-refractivity contribution in [2.75, 3.05) is 6.54 Å². The highest BCUT2D eigenvalue weighted by atomic mass is 35.5. The third-order valence-corrected chi connectivity index (χ3v) is 1.84. The van der Waals surface area contributed by atoms with E-state index in [1.807, 2.05) is 0 Å². The molecule has 0 aliphatic heterocycles. The number of benzene rings is 1. The van der Waals surface area contributed by atoms with Gasteiger partial charge in [0.05, 0.1) is 0 Å². The van der Waals surface area contributed by atoms with Crippen molar-refractivity contribution >= 4 is 11.6 Å². The molecule has 1 rings (SSSR count). The zero-order valence-corrected chi connectivity index (χ0v) is 6.80. The number of hydrogen-bond donors (Lipinski definition) is 2. The van der Waals surface area contributed by atoms with Gasteiger partial charge in [-0.2, -0.15) is 0 Å². The highest BCUT2D eigenvalue weighted by Gasteiger charge is 2.03. The molecule has 3 heteroatoms. The Morgan fingerprint density at radius 1 is 1.45 bits per heavy atom. The fourth-order valence-corrected chi connectivity index (χ4v) is 1.20. The summed E-state index contributed by atoms with van der Waals surface area (Å²) in [7, 11) is 0. The van der Waals surface area contributed by atoms with Crippen LogP contribution in [0.25, 0.3) is 0 Å². The van der Waals surface area contributed by atoms with Gasteiger partial charge >= 0.3 is 0 Å². The first-order valence-electron chi connectivity index (χ1n) is 3.42. The van der Waals surface area contributed by atoms with E-state index in [1.54, 1.807) is 18.2 Å². The third kappa shape index (κ3) is 1.85. The number of rotatable bonds is 2. The van der Waals surface area contributed by atoms with Crippen LogP contribution in [0.15, 0.2) is 18.2 Å². The van der Waals surface area contributed by atoms with Crippen molar-refractivity contribution in [1.82, 2.24) is 0 Å². The quantitative estimate of drug-likeness (QED) is 0.709. The lowest BCUT2D eigenvalue weighted by molar-refractivity contribution is 0.468. The molecule has 0 aromatic heterocycles. The van der Waals surface area contributed by atoms with Gasteiger partial charge in [0.2, 0.25) is 0 Å². The van der Waals surface area contributed by atoms with E-state index in [1.165, 1.54) is 0 Å². The maximum absolute atomic E-state index is 9.28. The highest BCUT2D eigenvalue weighted by Crippen LogP contribution is 2.24. The second-order valence-electron chi connectivity index (χ2n) is 2.28. The Morgan fingerprint density at radius 2 is 2.18 bits per heavy atom. The fraction of sp³-hybridized carbons (Fsp3) is 0.250. The van der Waals surface area contributed by atoms with E-state index < -0.39 is 0 Å². The number of nitrogens with two attached hydrogens (primary N) is 1. The number of halogens is 1. The molecule has 0 heterocycles. The number of phenolic OH excluding ortho intramolecular Hbond substituents is 1. The van der Waals surface area contributed by atoms with Crippen LogP contribution in [-0.2, 0) is 6.42 Å². The van der Waals surface area contributed by atoms with E-state index in [-0.39, 0.29) is 5.75 Å². The summed E-state index contributed by atoms with van der Waals surface area (Å²) in [5, 5.41) is 9.86. The van der Waals surface area contributed by atoms with Gasteiger partial charge in [0.15, 0.2) is 0 Å². The molecule has 60 valence electrons. The normalized spacial score (nSPS) is 10.0. The monoisotopic (exact) mass is 171 g/mol. The zero-order chi connectivity index (χ0) is 8.27. The molecule has 0 aliphatic carbocycles. The molecule has 0 bridgehead atoms. The van der Waals surface area contributed by atoms with E-state index in [4.69, 9.17) is 17.3 Å².